The molecule has 0 saturated carbocycles. The zero-order valence-corrected chi connectivity index (χ0v) is 15.2. The average Bonchev–Trinajstić information content (AvgIpc) is 2.59. The van der Waals surface area contributed by atoms with Gasteiger partial charge in [0.2, 0.25) is 5.95 Å². The topological polar surface area (TPSA) is 59.1 Å². The van der Waals surface area contributed by atoms with Crippen molar-refractivity contribution in [3.63, 3.8) is 0 Å². The van der Waals surface area contributed by atoms with Crippen LogP contribution < -0.4 is 15.4 Å². The molecule has 0 aliphatic carbocycles. The second-order valence-electron chi connectivity index (χ2n) is 5.32. The minimum Gasteiger partial charge on any atom is -0.495 e. The molecular formula is C18H16Cl2N4O. The molecule has 1 aromatic heterocycles. The molecule has 0 unspecified atom stereocenters. The van der Waals surface area contributed by atoms with Crippen LogP contribution in [-0.4, -0.2) is 17.1 Å². The number of aromatic nitrogens is 2. The number of nitrogens with zero attached hydrogens (tertiary/aromatic N) is 2. The Bertz CT molecular complexity index is 902. The molecule has 3 aromatic rings. The zero-order valence-electron chi connectivity index (χ0n) is 13.7. The first-order valence-corrected chi connectivity index (χ1v) is 8.27. The molecule has 3 rings (SSSR count). The van der Waals surface area contributed by atoms with Crippen LogP contribution in [0.4, 0.5) is 23.1 Å². The van der Waals surface area contributed by atoms with Crippen LogP contribution in [0.25, 0.3) is 0 Å². The highest BCUT2D eigenvalue weighted by Crippen LogP contribution is 2.30. The second-order valence-corrected chi connectivity index (χ2v) is 6.17. The molecule has 0 atom stereocenters. The lowest BCUT2D eigenvalue weighted by Gasteiger charge is -2.12. The van der Waals surface area contributed by atoms with Gasteiger partial charge in [-0.2, -0.15) is 4.98 Å². The minimum atomic E-state index is 0.450. The zero-order chi connectivity index (χ0) is 17.8. The first-order chi connectivity index (χ1) is 12.0. The van der Waals surface area contributed by atoms with Gasteiger partial charge in [-0.1, -0.05) is 29.3 Å². The van der Waals surface area contributed by atoms with Crippen molar-refractivity contribution in [3.05, 3.63) is 64.3 Å². The summed E-state index contributed by atoms with van der Waals surface area (Å²) in [6.07, 6.45) is 1.66. The van der Waals surface area contributed by atoms with E-state index in [1.54, 1.807) is 37.6 Å². The highest BCUT2D eigenvalue weighted by atomic mass is 35.5. The molecule has 5 nitrogen and oxygen atoms in total. The van der Waals surface area contributed by atoms with Crippen molar-refractivity contribution in [3.8, 4) is 5.75 Å². The predicted octanol–water partition coefficient (Wildman–Crippen LogP) is 5.59. The number of hydrogen-bond donors (Lipinski definition) is 2. The van der Waals surface area contributed by atoms with E-state index in [4.69, 9.17) is 27.9 Å². The third kappa shape index (κ3) is 4.32. The number of aryl methyl sites for hydroxylation is 1. The Kier molecular flexibility index (Phi) is 5.26. The van der Waals surface area contributed by atoms with E-state index in [9.17, 15) is 0 Å². The standard InChI is InChI=1S/C18H16Cl2N4O/c1-11-3-5-13(10-14(11)20)22-18-21-8-7-17(24-18)23-15-9-12(19)4-6-16(15)25-2/h3-10H,1-2H3,(H2,21,22,23,24). The first kappa shape index (κ1) is 17.3. The van der Waals surface area contributed by atoms with E-state index in [0.717, 1.165) is 16.9 Å². The van der Waals surface area contributed by atoms with Crippen molar-refractivity contribution in [1.82, 2.24) is 9.97 Å². The van der Waals surface area contributed by atoms with Gasteiger partial charge in [-0.3, -0.25) is 0 Å². The molecule has 2 aromatic carbocycles. The quantitative estimate of drug-likeness (QED) is 0.609. The molecule has 0 amide bonds. The Hall–Kier alpha value is -2.50. The highest BCUT2D eigenvalue weighted by molar-refractivity contribution is 6.31. The largest absolute Gasteiger partial charge is 0.495 e. The van der Waals surface area contributed by atoms with Gasteiger partial charge in [-0.15, -0.1) is 0 Å². The Morgan fingerprint density at radius 3 is 2.60 bits per heavy atom. The van der Waals surface area contributed by atoms with Crippen molar-refractivity contribution >= 4 is 46.3 Å². The Morgan fingerprint density at radius 2 is 1.84 bits per heavy atom. The number of ether oxygens (including phenoxy) is 1. The number of nitrogens with one attached hydrogen (secondary N) is 2. The third-order valence-electron chi connectivity index (χ3n) is 3.51. The van der Waals surface area contributed by atoms with Gasteiger partial charge in [0.05, 0.1) is 12.8 Å². The Balaban J connectivity index is 1.82. The number of anilines is 4. The summed E-state index contributed by atoms with van der Waals surface area (Å²) in [6.45, 7) is 1.95. The van der Waals surface area contributed by atoms with Crippen LogP contribution in [0.15, 0.2) is 48.7 Å². The van der Waals surface area contributed by atoms with Crippen molar-refractivity contribution in [2.24, 2.45) is 0 Å². The smallest absolute Gasteiger partial charge is 0.229 e. The van der Waals surface area contributed by atoms with Gasteiger partial charge in [0.25, 0.3) is 0 Å². The number of benzene rings is 2. The minimum absolute atomic E-state index is 0.450. The number of methoxy groups -OCH3 is 1. The summed E-state index contributed by atoms with van der Waals surface area (Å²) in [6, 6.07) is 12.8. The average molecular weight is 375 g/mol. The first-order valence-electron chi connectivity index (χ1n) is 7.52. The molecule has 0 bridgehead atoms. The summed E-state index contributed by atoms with van der Waals surface area (Å²) in [5, 5.41) is 7.60. The highest BCUT2D eigenvalue weighted by Gasteiger charge is 2.07. The Morgan fingerprint density at radius 1 is 1.00 bits per heavy atom. The molecule has 25 heavy (non-hydrogen) atoms. The molecule has 0 spiro atoms. The van der Waals surface area contributed by atoms with Crippen molar-refractivity contribution in [2.45, 2.75) is 6.92 Å². The van der Waals surface area contributed by atoms with E-state index in [-0.39, 0.29) is 0 Å². The van der Waals surface area contributed by atoms with E-state index >= 15 is 0 Å². The van der Waals surface area contributed by atoms with E-state index in [1.165, 1.54) is 0 Å². The van der Waals surface area contributed by atoms with Crippen LogP contribution in [0.5, 0.6) is 5.75 Å². The van der Waals surface area contributed by atoms with E-state index in [0.29, 0.717) is 27.6 Å². The number of hydrogen-bond acceptors (Lipinski definition) is 5. The Labute approximate surface area is 156 Å². The fourth-order valence-corrected chi connectivity index (χ4v) is 2.56. The van der Waals surface area contributed by atoms with Crippen molar-refractivity contribution < 1.29 is 4.74 Å². The third-order valence-corrected chi connectivity index (χ3v) is 4.15. The van der Waals surface area contributed by atoms with Gasteiger partial charge in [-0.25, -0.2) is 4.98 Å². The summed E-state index contributed by atoms with van der Waals surface area (Å²) in [5.41, 5.74) is 2.54. The molecule has 0 radical (unpaired) electrons. The summed E-state index contributed by atoms with van der Waals surface area (Å²) in [7, 11) is 1.60. The van der Waals surface area contributed by atoms with Gasteiger partial charge >= 0.3 is 0 Å². The van der Waals surface area contributed by atoms with Gasteiger partial charge in [0.1, 0.15) is 11.6 Å². The van der Waals surface area contributed by atoms with Crippen LogP contribution in [0.1, 0.15) is 5.56 Å². The van der Waals surface area contributed by atoms with Gasteiger partial charge in [0.15, 0.2) is 0 Å². The van der Waals surface area contributed by atoms with Gasteiger partial charge in [-0.05, 0) is 48.9 Å². The van der Waals surface area contributed by atoms with Crippen LogP contribution >= 0.6 is 23.2 Å². The van der Waals surface area contributed by atoms with Crippen molar-refractivity contribution in [1.29, 1.82) is 0 Å². The summed E-state index contributed by atoms with van der Waals surface area (Å²) in [4.78, 5) is 8.67. The molecule has 0 aliphatic heterocycles. The molecule has 0 aliphatic rings. The lowest BCUT2D eigenvalue weighted by molar-refractivity contribution is 0.417. The summed E-state index contributed by atoms with van der Waals surface area (Å²) in [5.74, 6) is 1.73. The fourth-order valence-electron chi connectivity index (χ4n) is 2.20. The van der Waals surface area contributed by atoms with Crippen LogP contribution in [-0.2, 0) is 0 Å². The fraction of sp³-hybridized carbons (Fsp3) is 0.111. The maximum Gasteiger partial charge on any atom is 0.229 e. The lowest BCUT2D eigenvalue weighted by Crippen LogP contribution is -2.01. The summed E-state index contributed by atoms with van der Waals surface area (Å²) >= 11 is 12.2. The van der Waals surface area contributed by atoms with E-state index in [2.05, 4.69) is 20.6 Å². The SMILES string of the molecule is COc1ccc(Cl)cc1Nc1ccnc(Nc2ccc(C)c(Cl)c2)n1. The maximum absolute atomic E-state index is 6.15. The lowest BCUT2D eigenvalue weighted by atomic mass is 10.2. The summed E-state index contributed by atoms with van der Waals surface area (Å²) < 4.78 is 5.33. The van der Waals surface area contributed by atoms with E-state index in [1.807, 2.05) is 25.1 Å². The van der Waals surface area contributed by atoms with Gasteiger partial charge < -0.3 is 15.4 Å². The van der Waals surface area contributed by atoms with Gasteiger partial charge in [0, 0.05) is 21.9 Å². The number of rotatable bonds is 5. The van der Waals surface area contributed by atoms with Crippen LogP contribution in [0, 0.1) is 6.92 Å². The molecule has 0 fully saturated rings. The molecular weight excluding hydrogens is 359 g/mol. The molecule has 7 heteroatoms. The molecule has 0 saturated heterocycles. The van der Waals surface area contributed by atoms with E-state index < -0.39 is 0 Å². The maximum atomic E-state index is 6.15. The predicted molar refractivity (Wildman–Crippen MR) is 103 cm³/mol. The molecule has 1 heterocycles. The molecule has 2 N–H and O–H groups in total. The van der Waals surface area contributed by atoms with Crippen LogP contribution in [0.3, 0.4) is 0 Å². The normalized spacial score (nSPS) is 10.4. The molecule has 128 valence electrons. The monoisotopic (exact) mass is 374 g/mol. The number of halogens is 2. The van der Waals surface area contributed by atoms with Crippen molar-refractivity contribution in [2.75, 3.05) is 17.7 Å². The van der Waals surface area contributed by atoms with Crippen LogP contribution in [0.2, 0.25) is 10.0 Å². The second kappa shape index (κ2) is 7.59.